The van der Waals surface area contributed by atoms with E-state index in [0.29, 0.717) is 39.9 Å². The van der Waals surface area contributed by atoms with Crippen molar-refractivity contribution in [3.63, 3.8) is 0 Å². The van der Waals surface area contributed by atoms with E-state index in [4.69, 9.17) is 5.11 Å². The minimum atomic E-state index is -0.405. The number of aliphatic hydroxyl groups excluding tert-OH is 1. The molecule has 0 radical (unpaired) electrons. The van der Waals surface area contributed by atoms with Gasteiger partial charge < -0.3 is 15.7 Å². The highest BCUT2D eigenvalue weighted by molar-refractivity contribution is 9.10. The van der Waals surface area contributed by atoms with Crippen LogP contribution in [0.25, 0.3) is 11.4 Å². The second kappa shape index (κ2) is 8.00. The molecule has 3 aromatic rings. The molecule has 0 spiro atoms. The Kier molecular flexibility index (Phi) is 5.52. The maximum absolute atomic E-state index is 14.1. The molecule has 2 aromatic heterocycles. The minimum absolute atomic E-state index is 0.0543. The number of nitrogens with zero attached hydrogens (tertiary/aromatic N) is 3. The van der Waals surface area contributed by atoms with Gasteiger partial charge in [0.05, 0.1) is 23.7 Å². The SMILES string of the molecule is OCCNc1nc(Nc2ccc(Br)cc2F)cc(-c2ccccn2)n1. The molecule has 2 heterocycles. The molecule has 0 amide bonds. The van der Waals surface area contributed by atoms with E-state index < -0.39 is 5.82 Å². The van der Waals surface area contributed by atoms with E-state index in [1.165, 1.54) is 6.07 Å². The number of hydrogen-bond donors (Lipinski definition) is 3. The van der Waals surface area contributed by atoms with Crippen LogP contribution in [-0.2, 0) is 0 Å². The van der Waals surface area contributed by atoms with E-state index in [2.05, 4.69) is 41.5 Å². The first-order chi connectivity index (χ1) is 12.2. The number of rotatable bonds is 6. The Morgan fingerprint density at radius 3 is 2.68 bits per heavy atom. The summed E-state index contributed by atoms with van der Waals surface area (Å²) in [6, 6.07) is 11.9. The fraction of sp³-hybridized carbons (Fsp3) is 0.118. The lowest BCUT2D eigenvalue weighted by molar-refractivity contribution is 0.311. The summed E-state index contributed by atoms with van der Waals surface area (Å²) in [5.74, 6) is 0.326. The number of aliphatic hydroxyl groups is 1. The van der Waals surface area contributed by atoms with Crippen LogP contribution in [0, 0.1) is 5.82 Å². The molecule has 0 aliphatic carbocycles. The Morgan fingerprint density at radius 1 is 1.08 bits per heavy atom. The standard InChI is InChI=1S/C17H15BrFN5O/c18-11-4-5-13(12(19)9-11)22-16-10-15(14-3-1-2-6-20-14)23-17(24-16)21-7-8-25/h1-6,9-10,25H,7-8H2,(H2,21,22,23,24). The molecule has 128 valence electrons. The van der Waals surface area contributed by atoms with Gasteiger partial charge in [0.15, 0.2) is 0 Å². The predicted molar refractivity (Wildman–Crippen MR) is 98.2 cm³/mol. The van der Waals surface area contributed by atoms with Gasteiger partial charge >= 0.3 is 0 Å². The third-order valence-electron chi connectivity index (χ3n) is 3.24. The van der Waals surface area contributed by atoms with Crippen molar-refractivity contribution >= 4 is 33.4 Å². The van der Waals surface area contributed by atoms with Crippen LogP contribution in [0.5, 0.6) is 0 Å². The van der Waals surface area contributed by atoms with Gasteiger partial charge in [-0.3, -0.25) is 4.98 Å². The minimum Gasteiger partial charge on any atom is -0.395 e. The molecule has 0 saturated heterocycles. The molecule has 0 saturated carbocycles. The summed E-state index contributed by atoms with van der Waals surface area (Å²) in [4.78, 5) is 13.0. The molecule has 0 bridgehead atoms. The largest absolute Gasteiger partial charge is 0.395 e. The maximum atomic E-state index is 14.1. The molecule has 3 N–H and O–H groups in total. The molecule has 3 rings (SSSR count). The highest BCUT2D eigenvalue weighted by Gasteiger charge is 2.10. The van der Waals surface area contributed by atoms with Crippen LogP contribution in [0.3, 0.4) is 0 Å². The second-order valence-corrected chi connectivity index (χ2v) is 5.99. The lowest BCUT2D eigenvalue weighted by Gasteiger charge is -2.11. The quantitative estimate of drug-likeness (QED) is 0.583. The number of benzene rings is 1. The first kappa shape index (κ1) is 17.2. The Balaban J connectivity index is 1.96. The predicted octanol–water partition coefficient (Wildman–Crippen LogP) is 3.59. The molecule has 0 atom stereocenters. The first-order valence-corrected chi connectivity index (χ1v) is 8.32. The van der Waals surface area contributed by atoms with Crippen molar-refractivity contribution in [3.8, 4) is 11.4 Å². The fourth-order valence-electron chi connectivity index (χ4n) is 2.13. The zero-order valence-corrected chi connectivity index (χ0v) is 14.7. The Hall–Kier alpha value is -2.58. The lowest BCUT2D eigenvalue weighted by Crippen LogP contribution is -2.10. The van der Waals surface area contributed by atoms with Crippen LogP contribution in [0.15, 0.2) is 53.1 Å². The Bertz CT molecular complexity index is 863. The summed E-state index contributed by atoms with van der Waals surface area (Å²) >= 11 is 3.23. The highest BCUT2D eigenvalue weighted by Crippen LogP contribution is 2.25. The first-order valence-electron chi connectivity index (χ1n) is 7.53. The average Bonchev–Trinajstić information content (AvgIpc) is 2.63. The van der Waals surface area contributed by atoms with Gasteiger partial charge in [-0.05, 0) is 30.3 Å². The van der Waals surface area contributed by atoms with Crippen molar-refractivity contribution in [2.45, 2.75) is 0 Å². The Morgan fingerprint density at radius 2 is 1.96 bits per heavy atom. The van der Waals surface area contributed by atoms with Gasteiger partial charge in [0.2, 0.25) is 5.95 Å². The van der Waals surface area contributed by atoms with Crippen molar-refractivity contribution in [1.82, 2.24) is 15.0 Å². The second-order valence-electron chi connectivity index (χ2n) is 5.08. The van der Waals surface area contributed by atoms with E-state index in [-0.39, 0.29) is 6.61 Å². The average molecular weight is 404 g/mol. The van der Waals surface area contributed by atoms with Gasteiger partial charge in [-0.2, -0.15) is 4.98 Å². The van der Waals surface area contributed by atoms with Crippen molar-refractivity contribution in [1.29, 1.82) is 0 Å². The van der Waals surface area contributed by atoms with E-state index in [0.717, 1.165) is 0 Å². The summed E-state index contributed by atoms with van der Waals surface area (Å²) < 4.78 is 14.7. The van der Waals surface area contributed by atoms with E-state index >= 15 is 0 Å². The van der Waals surface area contributed by atoms with Gasteiger partial charge in [0, 0.05) is 23.3 Å². The van der Waals surface area contributed by atoms with Gasteiger partial charge in [0.25, 0.3) is 0 Å². The number of halogens is 2. The van der Waals surface area contributed by atoms with E-state index in [1.807, 2.05) is 18.2 Å². The fourth-order valence-corrected chi connectivity index (χ4v) is 2.47. The van der Waals surface area contributed by atoms with Crippen LogP contribution >= 0.6 is 15.9 Å². The number of nitrogens with one attached hydrogen (secondary N) is 2. The Labute approximate surface area is 152 Å². The normalized spacial score (nSPS) is 10.5. The number of anilines is 3. The van der Waals surface area contributed by atoms with Crippen molar-refractivity contribution in [2.75, 3.05) is 23.8 Å². The molecule has 1 aromatic carbocycles. The van der Waals surface area contributed by atoms with Crippen molar-refractivity contribution in [3.05, 3.63) is 59.0 Å². The summed E-state index contributed by atoms with van der Waals surface area (Å²) in [6.45, 7) is 0.249. The number of aromatic nitrogens is 3. The topological polar surface area (TPSA) is 83.0 Å². The number of pyridine rings is 1. The van der Waals surface area contributed by atoms with Gasteiger partial charge in [-0.15, -0.1) is 0 Å². The molecule has 0 aliphatic rings. The molecule has 6 nitrogen and oxygen atoms in total. The van der Waals surface area contributed by atoms with Crippen LogP contribution in [0.4, 0.5) is 21.8 Å². The van der Waals surface area contributed by atoms with Crippen LogP contribution in [0.2, 0.25) is 0 Å². The third kappa shape index (κ3) is 4.49. The smallest absolute Gasteiger partial charge is 0.225 e. The maximum Gasteiger partial charge on any atom is 0.225 e. The molecule has 0 fully saturated rings. The molecule has 0 aliphatic heterocycles. The van der Waals surface area contributed by atoms with Gasteiger partial charge in [-0.25, -0.2) is 9.37 Å². The van der Waals surface area contributed by atoms with Gasteiger partial charge in [0.1, 0.15) is 11.6 Å². The number of hydrogen-bond acceptors (Lipinski definition) is 6. The zero-order valence-electron chi connectivity index (χ0n) is 13.1. The van der Waals surface area contributed by atoms with Crippen molar-refractivity contribution < 1.29 is 9.50 Å². The van der Waals surface area contributed by atoms with Crippen molar-refractivity contribution in [2.24, 2.45) is 0 Å². The monoisotopic (exact) mass is 403 g/mol. The van der Waals surface area contributed by atoms with E-state index in [1.54, 1.807) is 24.4 Å². The molecular formula is C17H15BrFN5O. The van der Waals surface area contributed by atoms with Crippen LogP contribution < -0.4 is 10.6 Å². The zero-order chi connectivity index (χ0) is 17.6. The van der Waals surface area contributed by atoms with Crippen LogP contribution in [0.1, 0.15) is 0 Å². The van der Waals surface area contributed by atoms with Crippen LogP contribution in [-0.4, -0.2) is 33.2 Å². The molecular weight excluding hydrogens is 389 g/mol. The lowest BCUT2D eigenvalue weighted by atomic mass is 10.2. The summed E-state index contributed by atoms with van der Waals surface area (Å²) in [5.41, 5.74) is 1.54. The molecule has 0 unspecified atom stereocenters. The molecule has 8 heteroatoms. The van der Waals surface area contributed by atoms with E-state index in [9.17, 15) is 4.39 Å². The molecule has 25 heavy (non-hydrogen) atoms. The third-order valence-corrected chi connectivity index (χ3v) is 3.74. The van der Waals surface area contributed by atoms with Gasteiger partial charge in [-0.1, -0.05) is 22.0 Å². The summed E-state index contributed by atoms with van der Waals surface area (Å²) in [6.07, 6.45) is 1.67. The highest BCUT2D eigenvalue weighted by atomic mass is 79.9. The summed E-state index contributed by atoms with van der Waals surface area (Å²) in [7, 11) is 0. The summed E-state index contributed by atoms with van der Waals surface area (Å²) in [5, 5.41) is 14.8.